The Hall–Kier alpha value is -1.79. The molecule has 106 valence electrons. The summed E-state index contributed by atoms with van der Waals surface area (Å²) in [6, 6.07) is 5.32. The van der Waals surface area contributed by atoms with Crippen molar-refractivity contribution in [2.24, 2.45) is 0 Å². The molecule has 6 heteroatoms. The van der Waals surface area contributed by atoms with E-state index in [1.807, 2.05) is 23.1 Å². The maximum atomic E-state index is 11.9. The minimum atomic E-state index is -0.355. The Morgan fingerprint density at radius 2 is 1.90 bits per heavy atom. The summed E-state index contributed by atoms with van der Waals surface area (Å²) in [7, 11) is 0. The second-order valence-electron chi connectivity index (χ2n) is 5.04. The molecular formula is C14H15NO5. The van der Waals surface area contributed by atoms with Gasteiger partial charge in [-0.1, -0.05) is 6.07 Å². The van der Waals surface area contributed by atoms with E-state index in [4.69, 9.17) is 18.9 Å². The zero-order valence-electron chi connectivity index (χ0n) is 10.9. The normalized spacial score (nSPS) is 28.9. The van der Waals surface area contributed by atoms with Crippen LogP contribution in [0.15, 0.2) is 18.2 Å². The largest absolute Gasteiger partial charge is 0.486 e. The van der Waals surface area contributed by atoms with Crippen LogP contribution in [0.25, 0.3) is 0 Å². The molecule has 6 nitrogen and oxygen atoms in total. The monoisotopic (exact) mass is 277 g/mol. The molecule has 0 amide bonds. The van der Waals surface area contributed by atoms with E-state index in [9.17, 15) is 4.79 Å². The summed E-state index contributed by atoms with van der Waals surface area (Å²) in [5, 5.41) is 0. The molecule has 0 saturated carbocycles. The van der Waals surface area contributed by atoms with Crippen LogP contribution in [0.1, 0.15) is 11.7 Å². The fraction of sp³-hybridized carbons (Fsp3) is 0.500. The van der Waals surface area contributed by atoms with Crippen molar-refractivity contribution in [1.82, 2.24) is 4.90 Å². The molecule has 0 aliphatic carbocycles. The second-order valence-corrected chi connectivity index (χ2v) is 5.04. The number of morpholine rings is 1. The van der Waals surface area contributed by atoms with Crippen LogP contribution in [0.3, 0.4) is 0 Å². The molecule has 2 atom stereocenters. The van der Waals surface area contributed by atoms with Crippen molar-refractivity contribution in [2.45, 2.75) is 12.1 Å². The fourth-order valence-corrected chi connectivity index (χ4v) is 2.88. The molecule has 3 aliphatic rings. The van der Waals surface area contributed by atoms with Crippen LogP contribution in [0.2, 0.25) is 0 Å². The zero-order valence-corrected chi connectivity index (χ0v) is 10.9. The minimum Gasteiger partial charge on any atom is -0.486 e. The number of ether oxygens (including phenoxy) is 4. The molecule has 0 bridgehead atoms. The maximum absolute atomic E-state index is 11.9. The number of rotatable bonds is 1. The highest BCUT2D eigenvalue weighted by atomic mass is 16.6. The Labute approximate surface area is 116 Å². The minimum absolute atomic E-state index is 0.214. The molecule has 3 heterocycles. The molecule has 0 spiro atoms. The van der Waals surface area contributed by atoms with Crippen molar-refractivity contribution in [1.29, 1.82) is 0 Å². The molecule has 2 fully saturated rings. The molecule has 0 aromatic heterocycles. The zero-order chi connectivity index (χ0) is 13.5. The summed E-state index contributed by atoms with van der Waals surface area (Å²) < 4.78 is 22.0. The number of hydrogen-bond acceptors (Lipinski definition) is 6. The molecule has 1 unspecified atom stereocenters. The smallest absolute Gasteiger partial charge is 0.326 e. The van der Waals surface area contributed by atoms with E-state index in [1.165, 1.54) is 0 Å². The van der Waals surface area contributed by atoms with E-state index >= 15 is 0 Å². The number of fused-ring (bicyclic) bond motifs is 2. The van der Waals surface area contributed by atoms with Crippen molar-refractivity contribution in [2.75, 3.05) is 33.1 Å². The maximum Gasteiger partial charge on any atom is 0.326 e. The molecule has 0 N–H and O–H groups in total. The number of benzene rings is 1. The van der Waals surface area contributed by atoms with Crippen LogP contribution in [-0.4, -0.2) is 50.0 Å². The Morgan fingerprint density at radius 3 is 2.80 bits per heavy atom. The van der Waals surface area contributed by atoms with Gasteiger partial charge in [-0.15, -0.1) is 0 Å². The lowest BCUT2D eigenvalue weighted by molar-refractivity contribution is -0.156. The third kappa shape index (κ3) is 1.83. The van der Waals surface area contributed by atoms with Crippen molar-refractivity contribution >= 4 is 5.97 Å². The molecule has 1 aromatic carbocycles. The van der Waals surface area contributed by atoms with E-state index in [1.54, 1.807) is 0 Å². The van der Waals surface area contributed by atoms with E-state index in [-0.39, 0.29) is 18.1 Å². The third-order valence-corrected chi connectivity index (χ3v) is 3.86. The number of carbonyl (C=O) groups excluding carboxylic acids is 1. The lowest BCUT2D eigenvalue weighted by Gasteiger charge is -2.29. The number of carbonyl (C=O) groups is 1. The summed E-state index contributed by atoms with van der Waals surface area (Å²) in [4.78, 5) is 14.0. The van der Waals surface area contributed by atoms with Gasteiger partial charge in [0.15, 0.2) is 11.5 Å². The van der Waals surface area contributed by atoms with E-state index < -0.39 is 0 Å². The van der Waals surface area contributed by atoms with Crippen molar-refractivity contribution in [3.05, 3.63) is 23.8 Å². The fourth-order valence-electron chi connectivity index (χ4n) is 2.88. The van der Waals surface area contributed by atoms with E-state index in [2.05, 4.69) is 0 Å². The molecule has 20 heavy (non-hydrogen) atoms. The Morgan fingerprint density at radius 1 is 1.05 bits per heavy atom. The first kappa shape index (κ1) is 12.0. The topological polar surface area (TPSA) is 57.2 Å². The number of nitrogens with zero attached hydrogens (tertiary/aromatic N) is 1. The van der Waals surface area contributed by atoms with Crippen molar-refractivity contribution < 1.29 is 23.7 Å². The molecule has 3 aliphatic heterocycles. The van der Waals surface area contributed by atoms with Gasteiger partial charge in [0.1, 0.15) is 38.7 Å². The van der Waals surface area contributed by atoms with Crippen LogP contribution in [-0.2, 0) is 14.3 Å². The lowest BCUT2D eigenvalue weighted by Crippen LogP contribution is -2.46. The average molecular weight is 277 g/mol. The van der Waals surface area contributed by atoms with E-state index in [0.29, 0.717) is 32.3 Å². The first-order chi connectivity index (χ1) is 9.83. The summed E-state index contributed by atoms with van der Waals surface area (Å²) in [5.74, 6) is 1.23. The predicted molar refractivity (Wildman–Crippen MR) is 67.6 cm³/mol. The van der Waals surface area contributed by atoms with Gasteiger partial charge in [0.25, 0.3) is 0 Å². The van der Waals surface area contributed by atoms with Crippen molar-refractivity contribution in [3.8, 4) is 11.5 Å². The number of hydrogen-bond donors (Lipinski definition) is 0. The van der Waals surface area contributed by atoms with Gasteiger partial charge in [-0.2, -0.15) is 0 Å². The summed E-state index contributed by atoms with van der Waals surface area (Å²) in [6.45, 7) is 2.72. The van der Waals surface area contributed by atoms with Gasteiger partial charge in [-0.05, 0) is 17.7 Å². The third-order valence-electron chi connectivity index (χ3n) is 3.86. The van der Waals surface area contributed by atoms with Gasteiger partial charge in [0.2, 0.25) is 0 Å². The number of esters is 1. The van der Waals surface area contributed by atoms with Gasteiger partial charge in [0, 0.05) is 6.54 Å². The summed E-state index contributed by atoms with van der Waals surface area (Å²) in [6.07, 6.45) is -0.307. The highest BCUT2D eigenvalue weighted by Crippen LogP contribution is 2.38. The Balaban J connectivity index is 1.65. The highest BCUT2D eigenvalue weighted by Gasteiger charge is 2.44. The quantitative estimate of drug-likeness (QED) is 0.705. The SMILES string of the molecule is O=C1OCCN2CO[C@H](c3ccc4c(c3)OCCO4)C12. The van der Waals surface area contributed by atoms with Gasteiger partial charge in [-0.25, -0.2) is 0 Å². The molecular weight excluding hydrogens is 262 g/mol. The lowest BCUT2D eigenvalue weighted by atomic mass is 10.0. The summed E-state index contributed by atoms with van der Waals surface area (Å²) in [5.41, 5.74) is 0.917. The van der Waals surface area contributed by atoms with Crippen LogP contribution in [0, 0.1) is 0 Å². The highest BCUT2D eigenvalue weighted by molar-refractivity contribution is 5.78. The number of cyclic esters (lactones) is 1. The van der Waals surface area contributed by atoms with Crippen LogP contribution < -0.4 is 9.47 Å². The van der Waals surface area contributed by atoms with Crippen LogP contribution in [0.5, 0.6) is 11.5 Å². The molecule has 4 rings (SSSR count). The Bertz CT molecular complexity index is 546. The molecule has 2 saturated heterocycles. The van der Waals surface area contributed by atoms with E-state index in [0.717, 1.165) is 17.9 Å². The van der Waals surface area contributed by atoms with Crippen molar-refractivity contribution in [3.63, 3.8) is 0 Å². The van der Waals surface area contributed by atoms with Gasteiger partial charge in [-0.3, -0.25) is 9.69 Å². The molecule has 1 aromatic rings. The van der Waals surface area contributed by atoms with Gasteiger partial charge < -0.3 is 18.9 Å². The predicted octanol–water partition coefficient (Wildman–Crippen LogP) is 0.714. The van der Waals surface area contributed by atoms with Crippen LogP contribution >= 0.6 is 0 Å². The standard InChI is InChI=1S/C14H15NO5/c16-14-12-13(20-8-15(12)3-4-19-14)9-1-2-10-11(7-9)18-6-5-17-10/h1-2,7,12-13H,3-6,8H2/t12?,13-/m1/s1. The van der Waals surface area contributed by atoms with Gasteiger partial charge in [0.05, 0.1) is 0 Å². The molecule has 0 radical (unpaired) electrons. The van der Waals surface area contributed by atoms with Crippen LogP contribution in [0.4, 0.5) is 0 Å². The first-order valence-corrected chi connectivity index (χ1v) is 6.75. The first-order valence-electron chi connectivity index (χ1n) is 6.75. The Kier molecular flexibility index (Phi) is 2.78. The second kappa shape index (κ2) is 4.64. The summed E-state index contributed by atoms with van der Waals surface area (Å²) >= 11 is 0. The van der Waals surface area contributed by atoms with Gasteiger partial charge >= 0.3 is 5.97 Å². The average Bonchev–Trinajstić information content (AvgIpc) is 2.92.